The summed E-state index contributed by atoms with van der Waals surface area (Å²) in [6, 6.07) is 2.41. The summed E-state index contributed by atoms with van der Waals surface area (Å²) in [7, 11) is 4.00. The highest BCUT2D eigenvalue weighted by Crippen LogP contribution is 2.28. The Bertz CT molecular complexity index is 280. The first kappa shape index (κ1) is 16.4. The number of ether oxygens (including phenoxy) is 1. The summed E-state index contributed by atoms with van der Waals surface area (Å²) in [5, 5.41) is 12.4. The van der Waals surface area contributed by atoms with Gasteiger partial charge in [-0.2, -0.15) is 5.26 Å². The van der Waals surface area contributed by atoms with Crippen molar-refractivity contribution in [3.63, 3.8) is 0 Å². The standard InChI is InChI=1S/C15H29N3O/c1-4-15(13-16,17-2)8-5-9-18(3)10-11-19-12-14-6-7-14/h14,17H,4-12H2,1-3H3. The molecule has 0 amide bonds. The summed E-state index contributed by atoms with van der Waals surface area (Å²) >= 11 is 0. The van der Waals surface area contributed by atoms with Gasteiger partial charge in [-0.1, -0.05) is 6.92 Å². The maximum absolute atomic E-state index is 9.23. The van der Waals surface area contributed by atoms with Gasteiger partial charge in [-0.3, -0.25) is 0 Å². The summed E-state index contributed by atoms with van der Waals surface area (Å²) in [6.07, 6.45) is 5.51. The van der Waals surface area contributed by atoms with Crippen molar-refractivity contribution >= 4 is 0 Å². The fourth-order valence-electron chi connectivity index (χ4n) is 2.19. The Morgan fingerprint density at radius 1 is 1.42 bits per heavy atom. The van der Waals surface area contributed by atoms with E-state index in [1.807, 2.05) is 7.05 Å². The van der Waals surface area contributed by atoms with E-state index in [1.165, 1.54) is 12.8 Å². The smallest absolute Gasteiger partial charge is 0.106 e. The van der Waals surface area contributed by atoms with Gasteiger partial charge in [0.1, 0.15) is 5.54 Å². The van der Waals surface area contributed by atoms with Crippen molar-refractivity contribution in [3.8, 4) is 6.07 Å². The Balaban J connectivity index is 2.04. The van der Waals surface area contributed by atoms with E-state index in [0.717, 1.165) is 51.5 Å². The first-order valence-corrected chi connectivity index (χ1v) is 7.52. The van der Waals surface area contributed by atoms with Gasteiger partial charge in [0.15, 0.2) is 0 Å². The van der Waals surface area contributed by atoms with Gasteiger partial charge in [0, 0.05) is 13.2 Å². The van der Waals surface area contributed by atoms with E-state index in [1.54, 1.807) is 0 Å². The lowest BCUT2D eigenvalue weighted by molar-refractivity contribution is 0.102. The topological polar surface area (TPSA) is 48.3 Å². The van der Waals surface area contributed by atoms with Crippen molar-refractivity contribution in [1.82, 2.24) is 10.2 Å². The van der Waals surface area contributed by atoms with E-state index >= 15 is 0 Å². The molecular weight excluding hydrogens is 238 g/mol. The molecule has 110 valence electrons. The van der Waals surface area contributed by atoms with Crippen LogP contribution in [0.4, 0.5) is 0 Å². The zero-order chi connectivity index (χ0) is 14.1. The molecule has 0 aromatic carbocycles. The van der Waals surface area contributed by atoms with Crippen molar-refractivity contribution in [3.05, 3.63) is 0 Å². The van der Waals surface area contributed by atoms with Crippen molar-refractivity contribution in [2.45, 2.75) is 44.6 Å². The number of nitrogens with one attached hydrogen (secondary N) is 1. The van der Waals surface area contributed by atoms with Crippen LogP contribution in [0.3, 0.4) is 0 Å². The number of hydrogen-bond donors (Lipinski definition) is 1. The number of rotatable bonds is 11. The quantitative estimate of drug-likeness (QED) is 0.582. The van der Waals surface area contributed by atoms with E-state index in [-0.39, 0.29) is 5.54 Å². The summed E-state index contributed by atoms with van der Waals surface area (Å²) in [5.41, 5.74) is -0.344. The first-order chi connectivity index (χ1) is 9.15. The lowest BCUT2D eigenvalue weighted by atomic mass is 9.92. The maximum atomic E-state index is 9.23. The van der Waals surface area contributed by atoms with Crippen LogP contribution in [-0.4, -0.2) is 50.8 Å². The van der Waals surface area contributed by atoms with Crippen molar-refractivity contribution in [2.75, 3.05) is 40.4 Å². The van der Waals surface area contributed by atoms with Gasteiger partial charge >= 0.3 is 0 Å². The number of likely N-dealkylation sites (N-methyl/N-ethyl adjacent to an activating group) is 1. The molecule has 1 aliphatic rings. The van der Waals surface area contributed by atoms with Crippen LogP contribution in [-0.2, 0) is 4.74 Å². The third-order valence-corrected chi connectivity index (χ3v) is 4.11. The van der Waals surface area contributed by atoms with Crippen LogP contribution in [0.15, 0.2) is 0 Å². The number of nitriles is 1. The van der Waals surface area contributed by atoms with Gasteiger partial charge in [-0.15, -0.1) is 0 Å². The minimum absolute atomic E-state index is 0.344. The van der Waals surface area contributed by atoms with E-state index in [4.69, 9.17) is 4.74 Å². The molecule has 0 radical (unpaired) electrons. The number of hydrogen-bond acceptors (Lipinski definition) is 4. The zero-order valence-electron chi connectivity index (χ0n) is 12.7. The molecule has 0 saturated heterocycles. The molecule has 1 fully saturated rings. The molecule has 0 bridgehead atoms. The maximum Gasteiger partial charge on any atom is 0.106 e. The molecular formula is C15H29N3O. The highest BCUT2D eigenvalue weighted by atomic mass is 16.5. The molecule has 1 aliphatic carbocycles. The van der Waals surface area contributed by atoms with Crippen LogP contribution in [0.5, 0.6) is 0 Å². The van der Waals surface area contributed by atoms with Crippen molar-refractivity contribution in [1.29, 1.82) is 5.26 Å². The van der Waals surface area contributed by atoms with Crippen LogP contribution in [0, 0.1) is 17.2 Å². The van der Waals surface area contributed by atoms with E-state index in [9.17, 15) is 5.26 Å². The molecule has 0 spiro atoms. The van der Waals surface area contributed by atoms with E-state index < -0.39 is 0 Å². The molecule has 0 heterocycles. The lowest BCUT2D eigenvalue weighted by Crippen LogP contribution is -2.41. The predicted molar refractivity (Wildman–Crippen MR) is 78.0 cm³/mol. The Labute approximate surface area is 118 Å². The molecule has 1 saturated carbocycles. The first-order valence-electron chi connectivity index (χ1n) is 7.52. The molecule has 0 aromatic heterocycles. The lowest BCUT2D eigenvalue weighted by Gasteiger charge is -2.25. The Morgan fingerprint density at radius 3 is 2.68 bits per heavy atom. The van der Waals surface area contributed by atoms with Crippen LogP contribution in [0.25, 0.3) is 0 Å². The van der Waals surface area contributed by atoms with Gasteiger partial charge in [0.2, 0.25) is 0 Å². The molecule has 1 rings (SSSR count). The fraction of sp³-hybridized carbons (Fsp3) is 0.933. The van der Waals surface area contributed by atoms with Gasteiger partial charge in [0.05, 0.1) is 12.7 Å². The van der Waals surface area contributed by atoms with Gasteiger partial charge < -0.3 is 15.0 Å². The van der Waals surface area contributed by atoms with Crippen molar-refractivity contribution in [2.24, 2.45) is 5.92 Å². The summed E-state index contributed by atoms with van der Waals surface area (Å²) < 4.78 is 5.63. The molecule has 1 atom stereocenters. The largest absolute Gasteiger partial charge is 0.380 e. The Hall–Kier alpha value is -0.630. The minimum Gasteiger partial charge on any atom is -0.380 e. The molecule has 0 aliphatic heterocycles. The Morgan fingerprint density at radius 2 is 2.16 bits per heavy atom. The minimum atomic E-state index is -0.344. The zero-order valence-corrected chi connectivity index (χ0v) is 12.7. The number of nitrogens with zero attached hydrogens (tertiary/aromatic N) is 2. The van der Waals surface area contributed by atoms with Gasteiger partial charge in [-0.25, -0.2) is 0 Å². The van der Waals surface area contributed by atoms with Crippen LogP contribution < -0.4 is 5.32 Å². The summed E-state index contributed by atoms with van der Waals surface area (Å²) in [4.78, 5) is 2.29. The molecule has 4 heteroatoms. The highest BCUT2D eigenvalue weighted by Gasteiger charge is 2.24. The van der Waals surface area contributed by atoms with Gasteiger partial charge in [0.25, 0.3) is 0 Å². The normalized spacial score (nSPS) is 18.3. The molecule has 19 heavy (non-hydrogen) atoms. The van der Waals surface area contributed by atoms with Crippen LogP contribution in [0.2, 0.25) is 0 Å². The van der Waals surface area contributed by atoms with Gasteiger partial charge in [-0.05, 0) is 58.7 Å². The Kier molecular flexibility index (Phi) is 7.37. The second kappa shape index (κ2) is 8.52. The SMILES string of the molecule is CCC(C#N)(CCCN(C)CCOCC1CC1)NC. The van der Waals surface area contributed by atoms with Crippen LogP contribution >= 0.6 is 0 Å². The third kappa shape index (κ3) is 6.38. The molecule has 1 N–H and O–H groups in total. The third-order valence-electron chi connectivity index (χ3n) is 4.11. The second-order valence-electron chi connectivity index (χ2n) is 5.72. The molecule has 4 nitrogen and oxygen atoms in total. The average molecular weight is 267 g/mol. The molecule has 0 aromatic rings. The average Bonchev–Trinajstić information content (AvgIpc) is 3.24. The monoisotopic (exact) mass is 267 g/mol. The summed E-state index contributed by atoms with van der Waals surface area (Å²) in [5.74, 6) is 0.849. The highest BCUT2D eigenvalue weighted by molar-refractivity contribution is 5.05. The summed E-state index contributed by atoms with van der Waals surface area (Å²) in [6.45, 7) is 5.85. The fourth-order valence-corrected chi connectivity index (χ4v) is 2.19. The van der Waals surface area contributed by atoms with E-state index in [0.29, 0.717) is 0 Å². The van der Waals surface area contributed by atoms with E-state index in [2.05, 4.69) is 30.3 Å². The predicted octanol–water partition coefficient (Wildman–Crippen LogP) is 2.02. The second-order valence-corrected chi connectivity index (χ2v) is 5.72. The van der Waals surface area contributed by atoms with Crippen LogP contribution in [0.1, 0.15) is 39.0 Å². The molecule has 1 unspecified atom stereocenters. The van der Waals surface area contributed by atoms with Crippen molar-refractivity contribution < 1.29 is 4.74 Å².